The molecule has 1 aliphatic heterocycles. The van der Waals surface area contributed by atoms with E-state index in [1.54, 1.807) is 28.6 Å². The van der Waals surface area contributed by atoms with Crippen molar-refractivity contribution in [3.05, 3.63) is 29.3 Å². The summed E-state index contributed by atoms with van der Waals surface area (Å²) in [5.41, 5.74) is 0.824. The van der Waals surface area contributed by atoms with Gasteiger partial charge >= 0.3 is 6.03 Å². The third-order valence-electron chi connectivity index (χ3n) is 9.51. The van der Waals surface area contributed by atoms with Crippen molar-refractivity contribution in [2.75, 3.05) is 13.1 Å². The zero-order valence-electron chi connectivity index (χ0n) is 17.9. The van der Waals surface area contributed by atoms with Gasteiger partial charge < -0.3 is 10.6 Å². The molecular formula is C23H30ClN3O3S. The van der Waals surface area contributed by atoms with E-state index in [1.807, 2.05) is 0 Å². The maximum absolute atomic E-state index is 13.2. The number of benzene rings is 1. The number of carbonyl (C=O) groups is 1. The van der Waals surface area contributed by atoms with Gasteiger partial charge in [-0.15, -0.1) is 0 Å². The van der Waals surface area contributed by atoms with Crippen molar-refractivity contribution in [2.24, 2.45) is 22.7 Å². The number of rotatable bonds is 5. The van der Waals surface area contributed by atoms with Crippen LogP contribution >= 0.6 is 11.6 Å². The van der Waals surface area contributed by atoms with E-state index < -0.39 is 10.0 Å². The lowest BCUT2D eigenvalue weighted by atomic mass is 9.11. The molecule has 2 amide bonds. The third-order valence-corrected chi connectivity index (χ3v) is 11.7. The van der Waals surface area contributed by atoms with Crippen LogP contribution in [0.5, 0.6) is 0 Å². The van der Waals surface area contributed by atoms with Crippen molar-refractivity contribution in [2.45, 2.75) is 68.3 Å². The van der Waals surface area contributed by atoms with E-state index in [4.69, 9.17) is 11.6 Å². The molecule has 1 aromatic carbocycles. The van der Waals surface area contributed by atoms with Gasteiger partial charge in [-0.05, 0) is 80.0 Å². The number of hydrogen-bond donors (Lipinski definition) is 2. The number of amides is 2. The summed E-state index contributed by atoms with van der Waals surface area (Å²) < 4.78 is 28.0. The zero-order valence-corrected chi connectivity index (χ0v) is 19.4. The van der Waals surface area contributed by atoms with Crippen LogP contribution in [-0.2, 0) is 10.0 Å². The molecule has 31 heavy (non-hydrogen) atoms. The van der Waals surface area contributed by atoms with E-state index in [2.05, 4.69) is 17.6 Å². The smallest absolute Gasteiger partial charge is 0.315 e. The normalized spacial score (nSPS) is 42.6. The molecule has 8 heteroatoms. The fraction of sp³-hybridized carbons (Fsp3) is 0.696. The lowest BCUT2D eigenvalue weighted by molar-refractivity contribution is -0.439. The number of piperidine rings is 1. The Balaban J connectivity index is 1.11. The number of nitrogens with one attached hydrogen (secondary N) is 2. The van der Waals surface area contributed by atoms with Crippen molar-refractivity contribution in [1.82, 2.24) is 14.9 Å². The number of sulfonamides is 1. The fourth-order valence-electron chi connectivity index (χ4n) is 8.63. The molecule has 168 valence electrons. The maximum Gasteiger partial charge on any atom is 0.315 e. The molecule has 4 saturated carbocycles. The van der Waals surface area contributed by atoms with Crippen LogP contribution in [0, 0.1) is 22.7 Å². The molecule has 6 rings (SSSR count). The highest BCUT2D eigenvalue weighted by Crippen LogP contribution is 2.93. The van der Waals surface area contributed by atoms with Crippen LogP contribution in [0.15, 0.2) is 29.2 Å². The van der Waals surface area contributed by atoms with Crippen molar-refractivity contribution < 1.29 is 13.2 Å². The van der Waals surface area contributed by atoms with Crippen molar-refractivity contribution in [1.29, 1.82) is 0 Å². The second kappa shape index (κ2) is 6.39. The topological polar surface area (TPSA) is 78.5 Å². The minimum atomic E-state index is -3.62. The van der Waals surface area contributed by atoms with E-state index in [0.29, 0.717) is 28.9 Å². The van der Waals surface area contributed by atoms with E-state index in [9.17, 15) is 13.2 Å². The lowest BCUT2D eigenvalue weighted by Gasteiger charge is -2.95. The molecule has 6 nitrogen and oxygen atoms in total. The van der Waals surface area contributed by atoms with E-state index in [0.717, 1.165) is 43.9 Å². The fourth-order valence-corrected chi connectivity index (χ4v) is 10.4. The summed E-state index contributed by atoms with van der Waals surface area (Å²) in [7, 11) is -3.62. The highest BCUT2D eigenvalue weighted by Gasteiger charge is 2.92. The molecule has 0 aromatic heterocycles. The van der Waals surface area contributed by atoms with Gasteiger partial charge in [0.05, 0.1) is 4.90 Å². The Hall–Kier alpha value is -1.31. The van der Waals surface area contributed by atoms with Crippen LogP contribution in [0.3, 0.4) is 0 Å². The molecule has 0 radical (unpaired) electrons. The summed E-state index contributed by atoms with van der Waals surface area (Å²) in [4.78, 5) is 13.1. The predicted octanol–water partition coefficient (Wildman–Crippen LogP) is 3.76. The second-order valence-electron chi connectivity index (χ2n) is 10.8. The summed E-state index contributed by atoms with van der Waals surface area (Å²) in [6.07, 6.45) is 7.45. The van der Waals surface area contributed by atoms with Gasteiger partial charge in [0, 0.05) is 35.1 Å². The van der Waals surface area contributed by atoms with Crippen molar-refractivity contribution in [3.63, 3.8) is 0 Å². The number of carbonyl (C=O) groups excluding carboxylic acids is 1. The minimum absolute atomic E-state index is 0.000693. The number of halogens is 1. The molecule has 1 saturated heterocycles. The first kappa shape index (κ1) is 20.3. The van der Waals surface area contributed by atoms with Gasteiger partial charge in [-0.25, -0.2) is 13.2 Å². The highest BCUT2D eigenvalue weighted by atomic mass is 35.5. The monoisotopic (exact) mass is 463 g/mol. The van der Waals surface area contributed by atoms with Gasteiger partial charge in [0.25, 0.3) is 0 Å². The van der Waals surface area contributed by atoms with Gasteiger partial charge in [0.15, 0.2) is 0 Å². The van der Waals surface area contributed by atoms with Gasteiger partial charge in [-0.2, -0.15) is 4.31 Å². The van der Waals surface area contributed by atoms with E-state index in [1.165, 1.54) is 12.8 Å². The van der Waals surface area contributed by atoms with Gasteiger partial charge in [-0.1, -0.05) is 24.9 Å². The molecule has 5 fully saturated rings. The van der Waals surface area contributed by atoms with Crippen LogP contribution in [0.2, 0.25) is 5.02 Å². The molecule has 1 aromatic rings. The number of nitrogens with zero attached hydrogens (tertiary/aromatic N) is 1. The summed E-state index contributed by atoms with van der Waals surface area (Å²) in [5.74, 6) is 1.62. The van der Waals surface area contributed by atoms with Gasteiger partial charge in [0.1, 0.15) is 0 Å². The lowest BCUT2D eigenvalue weighted by Crippen LogP contribution is -2.96. The number of hydrogen-bond acceptors (Lipinski definition) is 3. The zero-order chi connectivity index (χ0) is 21.6. The molecule has 5 aliphatic rings. The maximum atomic E-state index is 13.2. The first-order chi connectivity index (χ1) is 14.7. The molecule has 3 unspecified atom stereocenters. The van der Waals surface area contributed by atoms with E-state index in [-0.39, 0.29) is 22.5 Å². The summed E-state index contributed by atoms with van der Waals surface area (Å²) in [6.45, 7) is 3.22. The summed E-state index contributed by atoms with van der Waals surface area (Å²) in [6, 6.07) is 5.94. The SMILES string of the molecule is CC12CC3CC4(NC(=O)NCC5CCCCN5S(=O)(=O)c5ccc(Cl)cc5)CC(C1)C324. The van der Waals surface area contributed by atoms with Crippen LogP contribution in [0.25, 0.3) is 0 Å². The first-order valence-electron chi connectivity index (χ1n) is 11.6. The van der Waals surface area contributed by atoms with Gasteiger partial charge in [0.2, 0.25) is 10.0 Å². The van der Waals surface area contributed by atoms with Gasteiger partial charge in [-0.3, -0.25) is 0 Å². The Bertz CT molecular complexity index is 1020. The highest BCUT2D eigenvalue weighted by molar-refractivity contribution is 7.89. The Morgan fingerprint density at radius 2 is 1.81 bits per heavy atom. The van der Waals surface area contributed by atoms with Crippen LogP contribution in [0.4, 0.5) is 4.79 Å². The second-order valence-corrected chi connectivity index (χ2v) is 13.1. The largest absolute Gasteiger partial charge is 0.337 e. The first-order valence-corrected chi connectivity index (χ1v) is 13.4. The Morgan fingerprint density at radius 3 is 2.42 bits per heavy atom. The van der Waals surface area contributed by atoms with Crippen molar-refractivity contribution in [3.8, 4) is 0 Å². The predicted molar refractivity (Wildman–Crippen MR) is 118 cm³/mol. The standard InChI is InChI=1S/C23H30ClN3O3S/c1-21-10-15-12-22(13-16(11-21)23(15,21)22)26-20(28)25-14-18-4-2-3-9-27(18)31(29,30)19-7-5-17(24)6-8-19/h5-8,15-16,18H,2-4,9-14H2,1H3,(H2,25,26,28). The molecule has 0 bridgehead atoms. The third kappa shape index (κ3) is 2.43. The summed E-state index contributed by atoms with van der Waals surface area (Å²) >= 11 is 5.93. The minimum Gasteiger partial charge on any atom is -0.337 e. The van der Waals surface area contributed by atoms with Crippen LogP contribution in [-0.4, -0.2) is 43.4 Å². The van der Waals surface area contributed by atoms with Crippen molar-refractivity contribution >= 4 is 27.7 Å². The van der Waals surface area contributed by atoms with E-state index >= 15 is 0 Å². The molecule has 4 aliphatic carbocycles. The molecule has 3 atom stereocenters. The summed E-state index contributed by atoms with van der Waals surface area (Å²) in [5, 5.41) is 6.86. The average Bonchev–Trinajstić information content (AvgIpc) is 2.69. The Labute approximate surface area is 189 Å². The van der Waals surface area contributed by atoms with Crippen LogP contribution < -0.4 is 10.6 Å². The molecule has 2 N–H and O–H groups in total. The average molecular weight is 464 g/mol. The quantitative estimate of drug-likeness (QED) is 0.697. The van der Waals surface area contributed by atoms with Crippen LogP contribution in [0.1, 0.15) is 51.9 Å². The molecular weight excluding hydrogens is 434 g/mol. The Kier molecular flexibility index (Phi) is 4.18. The molecule has 1 spiro atoms. The molecule has 1 heterocycles. The Morgan fingerprint density at radius 1 is 1.13 bits per heavy atom. The number of urea groups is 1.